The van der Waals surface area contributed by atoms with Crippen LogP contribution in [-0.2, 0) is 18.4 Å². The number of carbonyl (C=O) groups is 1. The Morgan fingerprint density at radius 2 is 0.770 bits per heavy atom. The molecule has 0 aromatic rings. The van der Waals surface area contributed by atoms with Crippen LogP contribution in [0, 0.1) is 0 Å². The molecular weight excluding hydrogens is 936 g/mol. The van der Waals surface area contributed by atoms with Gasteiger partial charge in [0.15, 0.2) is 0 Å². The molecule has 0 saturated carbocycles. The number of unbranched alkanes of at least 4 members (excludes halogenated alkanes) is 43. The molecule has 74 heavy (non-hydrogen) atoms. The van der Waals surface area contributed by atoms with Crippen molar-refractivity contribution in [3.63, 3.8) is 0 Å². The SMILES string of the molecule is CCCCCCC/C=C\C/C=C\CCCCCCCCCCCCCCCCCCCCCCCCCCCCCCCC(=O)NC(COP(=O)(O)OCC[N+](C)(C)C)C(O)/C=C/CCCCCCCCCCC. The second-order valence-corrected chi connectivity index (χ2v) is 24.9. The van der Waals surface area contributed by atoms with Crippen molar-refractivity contribution in [2.75, 3.05) is 40.9 Å². The molecule has 0 aromatic heterocycles. The van der Waals surface area contributed by atoms with E-state index in [0.29, 0.717) is 17.4 Å². The van der Waals surface area contributed by atoms with Gasteiger partial charge in [0.25, 0.3) is 0 Å². The molecule has 8 nitrogen and oxygen atoms in total. The molecule has 0 radical (unpaired) electrons. The third-order valence-electron chi connectivity index (χ3n) is 14.9. The first-order valence-electron chi connectivity index (χ1n) is 32.4. The maximum Gasteiger partial charge on any atom is 0.472 e. The maximum atomic E-state index is 13.0. The van der Waals surface area contributed by atoms with E-state index < -0.39 is 20.0 Å². The van der Waals surface area contributed by atoms with E-state index in [0.717, 1.165) is 44.9 Å². The van der Waals surface area contributed by atoms with Gasteiger partial charge < -0.3 is 19.8 Å². The molecule has 0 heterocycles. The summed E-state index contributed by atoms with van der Waals surface area (Å²) in [6.07, 6.45) is 74.5. The fourth-order valence-electron chi connectivity index (χ4n) is 9.78. The normalized spacial score (nSPS) is 14.0. The summed E-state index contributed by atoms with van der Waals surface area (Å²) in [5, 5.41) is 13.9. The van der Waals surface area contributed by atoms with Gasteiger partial charge in [-0.2, -0.15) is 0 Å². The van der Waals surface area contributed by atoms with E-state index in [1.54, 1.807) is 6.08 Å². The van der Waals surface area contributed by atoms with Crippen molar-refractivity contribution in [1.82, 2.24) is 5.32 Å². The van der Waals surface area contributed by atoms with Crippen molar-refractivity contribution in [1.29, 1.82) is 0 Å². The standard InChI is InChI=1S/C65H127N2O6P/c1-6-8-10-12-14-16-18-19-20-21-22-23-24-25-26-27-28-29-30-31-32-33-34-35-36-37-38-39-40-41-42-43-44-45-46-47-49-51-53-55-57-59-65(69)66-63(62-73-74(70,71)72-61-60-67(3,4)5)64(68)58-56-54-52-50-48-17-15-13-11-9-7-2/h18-19,21-22,56,58,63-64,68H,6-17,20,23-55,57,59-62H2,1-5H3,(H-,66,69,70,71)/p+1/b19-18-,22-21-,58-56+. The molecule has 0 fully saturated rings. The quantitative estimate of drug-likeness (QED) is 0.0243. The topological polar surface area (TPSA) is 105 Å². The van der Waals surface area contributed by atoms with E-state index >= 15 is 0 Å². The van der Waals surface area contributed by atoms with Gasteiger partial charge in [-0.25, -0.2) is 4.57 Å². The average Bonchev–Trinajstić information content (AvgIpc) is 3.36. The predicted molar refractivity (Wildman–Crippen MR) is 323 cm³/mol. The van der Waals surface area contributed by atoms with Crippen LogP contribution in [0.1, 0.15) is 322 Å². The largest absolute Gasteiger partial charge is 0.472 e. The number of rotatable bonds is 60. The van der Waals surface area contributed by atoms with Crippen molar-refractivity contribution < 1.29 is 32.9 Å². The molecule has 0 aliphatic heterocycles. The lowest BCUT2D eigenvalue weighted by Crippen LogP contribution is -2.45. The summed E-state index contributed by atoms with van der Waals surface area (Å²) >= 11 is 0. The number of likely N-dealkylation sites (N-methyl/N-ethyl adjacent to an activating group) is 1. The smallest absolute Gasteiger partial charge is 0.387 e. The van der Waals surface area contributed by atoms with Crippen LogP contribution < -0.4 is 5.32 Å². The Bertz CT molecular complexity index is 1300. The highest BCUT2D eigenvalue weighted by molar-refractivity contribution is 7.47. The third kappa shape index (κ3) is 58.4. The van der Waals surface area contributed by atoms with Gasteiger partial charge in [0, 0.05) is 6.42 Å². The number of allylic oxidation sites excluding steroid dienone is 5. The van der Waals surface area contributed by atoms with E-state index in [4.69, 9.17) is 9.05 Å². The van der Waals surface area contributed by atoms with Gasteiger partial charge in [-0.1, -0.05) is 301 Å². The zero-order valence-electron chi connectivity index (χ0n) is 50.1. The van der Waals surface area contributed by atoms with Gasteiger partial charge >= 0.3 is 7.82 Å². The highest BCUT2D eigenvalue weighted by Gasteiger charge is 2.28. The number of hydrogen-bond acceptors (Lipinski definition) is 5. The molecule has 3 N–H and O–H groups in total. The Kier molecular flexibility index (Phi) is 55.5. The Hall–Kier alpha value is -1.28. The van der Waals surface area contributed by atoms with Crippen LogP contribution in [0.15, 0.2) is 36.5 Å². The molecule has 0 rings (SSSR count). The molecule has 0 spiro atoms. The summed E-state index contributed by atoms with van der Waals surface area (Å²) in [4.78, 5) is 23.2. The van der Waals surface area contributed by atoms with Gasteiger partial charge in [0.1, 0.15) is 13.2 Å². The number of quaternary nitrogens is 1. The number of hydrogen-bond donors (Lipinski definition) is 3. The summed E-state index contributed by atoms with van der Waals surface area (Å²) in [6, 6.07) is -0.842. The van der Waals surface area contributed by atoms with Crippen LogP contribution in [0.3, 0.4) is 0 Å². The molecule has 0 aliphatic carbocycles. The predicted octanol–water partition coefficient (Wildman–Crippen LogP) is 20.1. The Morgan fingerprint density at radius 1 is 0.459 bits per heavy atom. The summed E-state index contributed by atoms with van der Waals surface area (Å²) in [6.45, 7) is 4.82. The molecule has 3 unspecified atom stereocenters. The van der Waals surface area contributed by atoms with Gasteiger partial charge in [0.05, 0.1) is 39.9 Å². The summed E-state index contributed by atoms with van der Waals surface area (Å²) < 4.78 is 23.7. The minimum Gasteiger partial charge on any atom is -0.387 e. The number of aliphatic hydroxyl groups excluding tert-OH is 1. The van der Waals surface area contributed by atoms with Gasteiger partial charge in [-0.05, 0) is 51.4 Å². The van der Waals surface area contributed by atoms with Gasteiger partial charge in [-0.15, -0.1) is 0 Å². The van der Waals surface area contributed by atoms with Crippen molar-refractivity contribution in [2.24, 2.45) is 0 Å². The molecular formula is C65H128N2O6P+. The summed E-state index contributed by atoms with van der Waals surface area (Å²) in [7, 11) is 1.58. The lowest BCUT2D eigenvalue weighted by Gasteiger charge is -2.25. The number of amides is 1. The van der Waals surface area contributed by atoms with E-state index in [1.807, 2.05) is 27.2 Å². The summed E-state index contributed by atoms with van der Waals surface area (Å²) in [5.41, 5.74) is 0. The average molecular weight is 1060 g/mol. The minimum absolute atomic E-state index is 0.0636. The van der Waals surface area contributed by atoms with Crippen LogP contribution in [0.5, 0.6) is 0 Å². The highest BCUT2D eigenvalue weighted by atomic mass is 31.2. The van der Waals surface area contributed by atoms with E-state index in [-0.39, 0.29) is 19.1 Å². The Morgan fingerprint density at radius 3 is 1.11 bits per heavy atom. The van der Waals surface area contributed by atoms with E-state index in [9.17, 15) is 19.4 Å². The zero-order chi connectivity index (χ0) is 54.2. The fourth-order valence-corrected chi connectivity index (χ4v) is 10.5. The maximum absolute atomic E-state index is 13.0. The van der Waals surface area contributed by atoms with Gasteiger partial charge in [-0.3, -0.25) is 13.8 Å². The second kappa shape index (κ2) is 56.4. The van der Waals surface area contributed by atoms with Crippen LogP contribution in [-0.4, -0.2) is 73.4 Å². The zero-order valence-corrected chi connectivity index (χ0v) is 51.0. The molecule has 0 aliphatic rings. The summed E-state index contributed by atoms with van der Waals surface area (Å²) in [5.74, 6) is -0.172. The van der Waals surface area contributed by atoms with Crippen molar-refractivity contribution in [3.05, 3.63) is 36.5 Å². The molecule has 9 heteroatoms. The minimum atomic E-state index is -4.34. The van der Waals surface area contributed by atoms with Crippen LogP contribution in [0.4, 0.5) is 0 Å². The second-order valence-electron chi connectivity index (χ2n) is 23.5. The lowest BCUT2D eigenvalue weighted by atomic mass is 10.0. The van der Waals surface area contributed by atoms with Crippen LogP contribution in [0.25, 0.3) is 0 Å². The first kappa shape index (κ1) is 72.7. The monoisotopic (exact) mass is 1060 g/mol. The van der Waals surface area contributed by atoms with Crippen molar-refractivity contribution in [2.45, 2.75) is 334 Å². The van der Waals surface area contributed by atoms with E-state index in [1.165, 1.54) is 257 Å². The number of phosphoric acid groups is 1. The molecule has 1 amide bonds. The van der Waals surface area contributed by atoms with Crippen LogP contribution >= 0.6 is 7.82 Å². The molecule has 3 atom stereocenters. The van der Waals surface area contributed by atoms with Crippen molar-refractivity contribution in [3.8, 4) is 0 Å². The molecule has 438 valence electrons. The number of carbonyl (C=O) groups excluding carboxylic acids is 1. The first-order valence-corrected chi connectivity index (χ1v) is 33.9. The first-order chi connectivity index (χ1) is 36.0. The Balaban J connectivity index is 3.78. The molecule has 0 aromatic carbocycles. The lowest BCUT2D eigenvalue weighted by molar-refractivity contribution is -0.870. The van der Waals surface area contributed by atoms with Gasteiger partial charge in [0.2, 0.25) is 5.91 Å². The Labute approximate surface area is 461 Å². The number of nitrogens with zero attached hydrogens (tertiary/aromatic N) is 1. The highest BCUT2D eigenvalue weighted by Crippen LogP contribution is 2.43. The third-order valence-corrected chi connectivity index (χ3v) is 15.8. The number of aliphatic hydroxyl groups is 1. The molecule has 0 saturated heterocycles. The van der Waals surface area contributed by atoms with Crippen molar-refractivity contribution >= 4 is 13.7 Å². The van der Waals surface area contributed by atoms with E-state index in [2.05, 4.69) is 43.5 Å². The molecule has 0 bridgehead atoms. The fraction of sp³-hybridized carbons (Fsp3) is 0.892. The van der Waals surface area contributed by atoms with Crippen LogP contribution in [0.2, 0.25) is 0 Å². The number of phosphoric ester groups is 1. The number of nitrogens with one attached hydrogen (secondary N) is 1.